The monoisotopic (exact) mass is 465 g/mol. The summed E-state index contributed by atoms with van der Waals surface area (Å²) in [6.45, 7) is 6.85. The van der Waals surface area contributed by atoms with Gasteiger partial charge in [0.1, 0.15) is 17.7 Å². The lowest BCUT2D eigenvalue weighted by Crippen LogP contribution is -2.26. The summed E-state index contributed by atoms with van der Waals surface area (Å²) in [5.41, 5.74) is 8.25. The topological polar surface area (TPSA) is 120 Å². The van der Waals surface area contributed by atoms with E-state index >= 15 is 0 Å². The maximum Gasteiger partial charge on any atom is 0.261 e. The number of ether oxygens (including phenoxy) is 2. The number of carbonyl (C=O) groups excluding carboxylic acids is 1. The SMILES string of the molecule is CCOc1cc(C(CN=CN=CN)=NOCC(=O)NCc2ccccc2)cc2c1OC(C)(C)C2. The molecule has 0 atom stereocenters. The van der Waals surface area contributed by atoms with Crippen LogP contribution < -0.4 is 20.5 Å². The summed E-state index contributed by atoms with van der Waals surface area (Å²) in [5.74, 6) is 1.10. The molecule has 1 amide bonds. The van der Waals surface area contributed by atoms with Gasteiger partial charge in [0.15, 0.2) is 18.1 Å². The molecule has 180 valence electrons. The molecule has 3 rings (SSSR count). The summed E-state index contributed by atoms with van der Waals surface area (Å²) in [6.07, 6.45) is 3.22. The Balaban J connectivity index is 1.75. The van der Waals surface area contributed by atoms with Crippen LogP contribution in [0, 0.1) is 0 Å². The Morgan fingerprint density at radius 3 is 2.79 bits per heavy atom. The van der Waals surface area contributed by atoms with Crippen LogP contribution in [0.5, 0.6) is 11.5 Å². The first-order chi connectivity index (χ1) is 16.4. The minimum Gasteiger partial charge on any atom is -0.490 e. The van der Waals surface area contributed by atoms with Gasteiger partial charge in [0.2, 0.25) is 0 Å². The number of carbonyl (C=O) groups is 1. The third kappa shape index (κ3) is 7.06. The van der Waals surface area contributed by atoms with Crippen LogP contribution in [0.3, 0.4) is 0 Å². The van der Waals surface area contributed by atoms with Crippen LogP contribution in [-0.4, -0.2) is 49.7 Å². The van der Waals surface area contributed by atoms with Gasteiger partial charge < -0.3 is 25.4 Å². The van der Waals surface area contributed by atoms with Crippen molar-refractivity contribution in [2.45, 2.75) is 39.3 Å². The van der Waals surface area contributed by atoms with Crippen molar-refractivity contribution in [2.24, 2.45) is 20.9 Å². The van der Waals surface area contributed by atoms with Gasteiger partial charge in [-0.05, 0) is 38.5 Å². The fourth-order valence-corrected chi connectivity index (χ4v) is 3.51. The van der Waals surface area contributed by atoms with Gasteiger partial charge in [0, 0.05) is 24.1 Å². The Morgan fingerprint density at radius 2 is 2.06 bits per heavy atom. The Kier molecular flexibility index (Phi) is 8.61. The Morgan fingerprint density at radius 1 is 1.26 bits per heavy atom. The fraction of sp³-hybridized carbons (Fsp3) is 0.360. The molecule has 0 radical (unpaired) electrons. The number of rotatable bonds is 11. The van der Waals surface area contributed by atoms with Crippen molar-refractivity contribution in [2.75, 3.05) is 19.8 Å². The predicted octanol–water partition coefficient (Wildman–Crippen LogP) is 2.85. The van der Waals surface area contributed by atoms with Crippen molar-refractivity contribution < 1.29 is 19.1 Å². The number of fused-ring (bicyclic) bond motifs is 1. The van der Waals surface area contributed by atoms with Gasteiger partial charge in [-0.2, -0.15) is 0 Å². The zero-order valence-corrected chi connectivity index (χ0v) is 19.8. The second-order valence-corrected chi connectivity index (χ2v) is 8.26. The van der Waals surface area contributed by atoms with E-state index in [-0.39, 0.29) is 24.7 Å². The molecule has 34 heavy (non-hydrogen) atoms. The first kappa shape index (κ1) is 24.8. The van der Waals surface area contributed by atoms with Crippen molar-refractivity contribution in [3.8, 4) is 11.5 Å². The van der Waals surface area contributed by atoms with Gasteiger partial charge in [-0.15, -0.1) is 0 Å². The van der Waals surface area contributed by atoms with Gasteiger partial charge >= 0.3 is 0 Å². The molecular weight excluding hydrogens is 434 g/mol. The Labute approximate surface area is 199 Å². The molecule has 0 saturated carbocycles. The molecule has 0 saturated heterocycles. The van der Waals surface area contributed by atoms with Crippen molar-refractivity contribution >= 4 is 24.3 Å². The smallest absolute Gasteiger partial charge is 0.261 e. The highest BCUT2D eigenvalue weighted by atomic mass is 16.6. The van der Waals surface area contributed by atoms with E-state index in [4.69, 9.17) is 20.0 Å². The lowest BCUT2D eigenvalue weighted by molar-refractivity contribution is -0.125. The van der Waals surface area contributed by atoms with Gasteiger partial charge in [0.25, 0.3) is 5.91 Å². The first-order valence-electron chi connectivity index (χ1n) is 11.1. The van der Waals surface area contributed by atoms with Gasteiger partial charge in [-0.25, -0.2) is 4.99 Å². The molecular formula is C25H31N5O4. The Hall–Kier alpha value is -3.88. The average molecular weight is 466 g/mol. The summed E-state index contributed by atoms with van der Waals surface area (Å²) in [4.78, 5) is 25.6. The highest BCUT2D eigenvalue weighted by Gasteiger charge is 2.33. The molecule has 0 unspecified atom stereocenters. The lowest BCUT2D eigenvalue weighted by Gasteiger charge is -2.18. The van der Waals surface area contributed by atoms with Crippen LogP contribution in [0.4, 0.5) is 0 Å². The largest absolute Gasteiger partial charge is 0.490 e. The summed E-state index contributed by atoms with van der Waals surface area (Å²) in [6, 6.07) is 13.5. The highest BCUT2D eigenvalue weighted by Crippen LogP contribution is 2.43. The number of hydrogen-bond donors (Lipinski definition) is 2. The van der Waals surface area contributed by atoms with Gasteiger partial charge in [-0.3, -0.25) is 9.79 Å². The van der Waals surface area contributed by atoms with Gasteiger partial charge in [0.05, 0.1) is 19.5 Å². The number of nitrogens with zero attached hydrogens (tertiary/aromatic N) is 3. The molecule has 0 fully saturated rings. The minimum absolute atomic E-state index is 0.178. The number of benzene rings is 2. The van der Waals surface area contributed by atoms with Crippen LogP contribution in [0.25, 0.3) is 0 Å². The van der Waals surface area contributed by atoms with E-state index in [1.807, 2.05) is 63.2 Å². The van der Waals surface area contributed by atoms with Crippen molar-refractivity contribution in [1.82, 2.24) is 5.32 Å². The first-order valence-corrected chi connectivity index (χ1v) is 11.1. The summed E-state index contributed by atoms with van der Waals surface area (Å²) >= 11 is 0. The van der Waals surface area contributed by atoms with Gasteiger partial charge in [-0.1, -0.05) is 35.5 Å². The maximum absolute atomic E-state index is 12.2. The van der Waals surface area contributed by atoms with Crippen molar-refractivity contribution in [3.05, 3.63) is 59.2 Å². The fourth-order valence-electron chi connectivity index (χ4n) is 3.51. The van der Waals surface area contributed by atoms with Crippen LogP contribution >= 0.6 is 0 Å². The summed E-state index contributed by atoms with van der Waals surface area (Å²) in [5, 5.41) is 7.02. The normalized spacial score (nSPS) is 14.7. The summed E-state index contributed by atoms with van der Waals surface area (Å²) < 4.78 is 11.9. The third-order valence-electron chi connectivity index (χ3n) is 4.94. The van der Waals surface area contributed by atoms with E-state index in [0.717, 1.165) is 35.2 Å². The second-order valence-electron chi connectivity index (χ2n) is 8.26. The lowest BCUT2D eigenvalue weighted by atomic mass is 9.98. The van der Waals surface area contributed by atoms with E-state index in [2.05, 4.69) is 20.5 Å². The number of aliphatic imine (C=N–C) groups is 2. The molecule has 0 aromatic heterocycles. The van der Waals surface area contributed by atoms with Crippen LogP contribution in [0.15, 0.2) is 57.6 Å². The zero-order chi connectivity index (χ0) is 24.4. The number of nitrogens with one attached hydrogen (secondary N) is 1. The quantitative estimate of drug-likeness (QED) is 0.300. The molecule has 0 bridgehead atoms. The minimum atomic E-state index is -0.328. The zero-order valence-electron chi connectivity index (χ0n) is 19.8. The molecule has 2 aromatic carbocycles. The second kappa shape index (κ2) is 11.8. The number of oxime groups is 1. The molecule has 0 aliphatic carbocycles. The molecule has 9 heteroatoms. The highest BCUT2D eigenvalue weighted by molar-refractivity contribution is 6.03. The molecule has 2 aromatic rings. The number of nitrogens with two attached hydrogens (primary N) is 1. The average Bonchev–Trinajstić information content (AvgIpc) is 3.14. The van der Waals surface area contributed by atoms with E-state index in [9.17, 15) is 4.79 Å². The molecule has 3 N–H and O–H groups in total. The molecule has 0 spiro atoms. The Bertz CT molecular complexity index is 1060. The van der Waals surface area contributed by atoms with Crippen molar-refractivity contribution in [1.29, 1.82) is 0 Å². The maximum atomic E-state index is 12.2. The molecule has 9 nitrogen and oxygen atoms in total. The van der Waals surface area contributed by atoms with E-state index in [1.54, 1.807) is 0 Å². The number of amides is 1. The van der Waals surface area contributed by atoms with E-state index in [1.165, 1.54) is 6.34 Å². The van der Waals surface area contributed by atoms with Crippen LogP contribution in [0.2, 0.25) is 0 Å². The van der Waals surface area contributed by atoms with E-state index in [0.29, 0.717) is 24.6 Å². The number of hydrogen-bond acceptors (Lipinski definition) is 6. The summed E-state index contributed by atoms with van der Waals surface area (Å²) in [7, 11) is 0. The predicted molar refractivity (Wildman–Crippen MR) is 133 cm³/mol. The standard InChI is InChI=1S/C25H31N5O4/c1-4-32-22-11-19(10-20-12-25(2,3)34-24(20)22)21(14-27-17-28-16-26)30-33-15-23(31)29-13-18-8-6-5-7-9-18/h5-11,16-17H,4,12-15H2,1-3H3,(H,29,31)(H2,26,27,28). The molecule has 1 heterocycles. The van der Waals surface area contributed by atoms with E-state index < -0.39 is 0 Å². The van der Waals surface area contributed by atoms with Crippen LogP contribution in [0.1, 0.15) is 37.5 Å². The molecule has 1 aliphatic rings. The third-order valence-corrected chi connectivity index (χ3v) is 4.94. The molecule has 1 aliphatic heterocycles. The van der Waals surface area contributed by atoms with Crippen molar-refractivity contribution in [3.63, 3.8) is 0 Å². The van der Waals surface area contributed by atoms with Crippen LogP contribution in [-0.2, 0) is 22.6 Å².